The number of fused-ring (bicyclic) bond motifs is 1. The molecule has 0 spiro atoms. The summed E-state index contributed by atoms with van der Waals surface area (Å²) in [5, 5.41) is 24.5. The van der Waals surface area contributed by atoms with Gasteiger partial charge >= 0.3 is 5.97 Å². The number of ether oxygens (including phenoxy) is 1. The number of benzene rings is 3. The van der Waals surface area contributed by atoms with Crippen molar-refractivity contribution in [2.24, 2.45) is 0 Å². The third kappa shape index (κ3) is 4.72. The molecule has 3 aromatic carbocycles. The second kappa shape index (κ2) is 8.74. The topological polar surface area (TPSA) is 95.9 Å². The van der Waals surface area contributed by atoms with E-state index in [1.54, 1.807) is 13.8 Å². The molecule has 1 aliphatic rings. The Morgan fingerprint density at radius 2 is 1.69 bits per heavy atom. The van der Waals surface area contributed by atoms with Gasteiger partial charge in [-0.1, -0.05) is 13.8 Å². The first-order valence-corrected chi connectivity index (χ1v) is 10.7. The lowest BCUT2D eigenvalue weighted by atomic mass is 9.72. The number of nitrogens with one attached hydrogen (secondary N) is 1. The molecule has 0 bridgehead atoms. The Morgan fingerprint density at radius 1 is 1.00 bits per heavy atom. The average Bonchev–Trinajstić information content (AvgIpc) is 3.14. The quantitative estimate of drug-likeness (QED) is 0.441. The highest BCUT2D eigenvalue weighted by Gasteiger charge is 2.45. The van der Waals surface area contributed by atoms with E-state index in [2.05, 4.69) is 5.32 Å². The summed E-state index contributed by atoms with van der Waals surface area (Å²) in [6.07, 6.45) is -0.474. The van der Waals surface area contributed by atoms with E-state index in [0.717, 1.165) is 30.3 Å². The van der Waals surface area contributed by atoms with Gasteiger partial charge < -0.3 is 20.3 Å². The van der Waals surface area contributed by atoms with Crippen LogP contribution < -0.4 is 5.32 Å². The predicted molar refractivity (Wildman–Crippen MR) is 120 cm³/mol. The van der Waals surface area contributed by atoms with E-state index in [1.165, 1.54) is 18.2 Å². The number of aromatic hydroxyl groups is 1. The molecule has 0 saturated carbocycles. The molecule has 6 nitrogen and oxygen atoms in total. The van der Waals surface area contributed by atoms with Crippen molar-refractivity contribution in [2.45, 2.75) is 37.9 Å². The van der Waals surface area contributed by atoms with Crippen molar-refractivity contribution in [1.29, 1.82) is 0 Å². The standard InChI is InChI=1S/C26H22F3NO5/c1-25(2,21-11-16(27)3-6-22(21)31)13-26(34,15-8-17(28)10-18(29)9-15)24(33)30-19-4-5-20-14(7-19)12-35-23(20)32/h3-11,31,34H,12-13H2,1-2H3,(H,30,33). The summed E-state index contributed by atoms with van der Waals surface area (Å²) in [6, 6.07) is 9.90. The number of carbonyl (C=O) groups is 2. The van der Waals surface area contributed by atoms with E-state index < -0.39 is 46.8 Å². The predicted octanol–water partition coefficient (Wildman–Crippen LogP) is 4.67. The van der Waals surface area contributed by atoms with Gasteiger partial charge in [0.1, 0.15) is 29.8 Å². The lowest BCUT2D eigenvalue weighted by Gasteiger charge is -2.36. The van der Waals surface area contributed by atoms with Crippen molar-refractivity contribution < 1.29 is 37.7 Å². The average molecular weight is 485 g/mol. The Hall–Kier alpha value is -3.85. The highest BCUT2D eigenvalue weighted by atomic mass is 19.1. The number of hydrogen-bond donors (Lipinski definition) is 3. The molecular weight excluding hydrogens is 463 g/mol. The first kappa shape index (κ1) is 24.3. The number of anilines is 1. The van der Waals surface area contributed by atoms with Crippen molar-refractivity contribution in [3.8, 4) is 5.75 Å². The van der Waals surface area contributed by atoms with Gasteiger partial charge in [0.15, 0.2) is 5.60 Å². The number of aliphatic hydroxyl groups is 1. The molecule has 9 heteroatoms. The van der Waals surface area contributed by atoms with Crippen LogP contribution in [0.25, 0.3) is 0 Å². The van der Waals surface area contributed by atoms with Gasteiger partial charge in [0, 0.05) is 22.9 Å². The van der Waals surface area contributed by atoms with Crippen LogP contribution in [-0.2, 0) is 27.2 Å². The molecule has 1 unspecified atom stereocenters. The molecule has 0 aliphatic carbocycles. The molecular formula is C26H22F3NO5. The number of hydrogen-bond acceptors (Lipinski definition) is 5. The van der Waals surface area contributed by atoms with Crippen LogP contribution >= 0.6 is 0 Å². The van der Waals surface area contributed by atoms with E-state index in [4.69, 9.17) is 4.74 Å². The highest BCUT2D eigenvalue weighted by molar-refractivity contribution is 5.99. The molecule has 35 heavy (non-hydrogen) atoms. The van der Waals surface area contributed by atoms with Crippen LogP contribution in [0.15, 0.2) is 54.6 Å². The summed E-state index contributed by atoms with van der Waals surface area (Å²) in [6.45, 7) is 3.12. The largest absolute Gasteiger partial charge is 0.508 e. The van der Waals surface area contributed by atoms with Gasteiger partial charge in [-0.3, -0.25) is 4.79 Å². The van der Waals surface area contributed by atoms with Gasteiger partial charge in [-0.15, -0.1) is 0 Å². The molecule has 3 N–H and O–H groups in total. The van der Waals surface area contributed by atoms with Crippen LogP contribution in [0.5, 0.6) is 5.75 Å². The molecule has 0 aromatic heterocycles. The Labute approximate surface area is 199 Å². The van der Waals surface area contributed by atoms with Gasteiger partial charge in [0.25, 0.3) is 5.91 Å². The van der Waals surface area contributed by atoms with Crippen LogP contribution in [0.3, 0.4) is 0 Å². The van der Waals surface area contributed by atoms with Gasteiger partial charge in [0.2, 0.25) is 0 Å². The lowest BCUT2D eigenvalue weighted by Crippen LogP contribution is -2.45. The normalized spacial score (nSPS) is 14.7. The van der Waals surface area contributed by atoms with E-state index in [0.29, 0.717) is 17.2 Å². The molecule has 0 radical (unpaired) electrons. The highest BCUT2D eigenvalue weighted by Crippen LogP contribution is 2.42. The van der Waals surface area contributed by atoms with Crippen LogP contribution in [0.1, 0.15) is 47.3 Å². The van der Waals surface area contributed by atoms with Crippen LogP contribution in [0, 0.1) is 17.5 Å². The fourth-order valence-electron chi connectivity index (χ4n) is 4.34. The molecule has 4 rings (SSSR count). The maximum atomic E-state index is 14.1. The number of esters is 1. The van der Waals surface area contributed by atoms with Crippen LogP contribution in [0.4, 0.5) is 18.9 Å². The molecule has 0 saturated heterocycles. The van der Waals surface area contributed by atoms with E-state index in [9.17, 15) is 33.0 Å². The molecule has 0 fully saturated rings. The Morgan fingerprint density at radius 3 is 2.37 bits per heavy atom. The number of amides is 1. The van der Waals surface area contributed by atoms with Crippen LogP contribution in [-0.4, -0.2) is 22.1 Å². The molecule has 1 heterocycles. The Kier molecular flexibility index (Phi) is 6.06. The fraction of sp³-hybridized carbons (Fsp3) is 0.231. The maximum Gasteiger partial charge on any atom is 0.338 e. The number of halogens is 3. The summed E-state index contributed by atoms with van der Waals surface area (Å²) in [5.74, 6) is -4.45. The second-order valence-electron chi connectivity index (χ2n) is 9.14. The third-order valence-electron chi connectivity index (χ3n) is 6.04. The minimum Gasteiger partial charge on any atom is -0.508 e. The van der Waals surface area contributed by atoms with Crippen molar-refractivity contribution in [3.05, 3.63) is 94.3 Å². The van der Waals surface area contributed by atoms with Crippen molar-refractivity contribution in [3.63, 3.8) is 0 Å². The minimum absolute atomic E-state index is 0.0170. The number of rotatable bonds is 6. The summed E-state index contributed by atoms with van der Waals surface area (Å²) in [4.78, 5) is 25.1. The molecule has 3 aromatic rings. The summed E-state index contributed by atoms with van der Waals surface area (Å²) >= 11 is 0. The number of carbonyl (C=O) groups excluding carboxylic acids is 2. The Bertz CT molecular complexity index is 1320. The summed E-state index contributed by atoms with van der Waals surface area (Å²) in [5.41, 5.74) is -2.93. The Balaban J connectivity index is 1.75. The maximum absolute atomic E-state index is 14.1. The number of phenolic OH excluding ortho intramolecular Hbond substituents is 1. The smallest absolute Gasteiger partial charge is 0.338 e. The zero-order valence-electron chi connectivity index (χ0n) is 18.9. The second-order valence-corrected chi connectivity index (χ2v) is 9.14. The number of cyclic esters (lactones) is 1. The third-order valence-corrected chi connectivity index (χ3v) is 6.04. The van der Waals surface area contributed by atoms with Crippen molar-refractivity contribution in [2.75, 3.05) is 5.32 Å². The van der Waals surface area contributed by atoms with Crippen molar-refractivity contribution >= 4 is 17.6 Å². The zero-order valence-corrected chi connectivity index (χ0v) is 18.9. The van der Waals surface area contributed by atoms with Gasteiger partial charge in [0.05, 0.1) is 5.56 Å². The lowest BCUT2D eigenvalue weighted by molar-refractivity contribution is -0.137. The number of phenols is 1. The fourth-order valence-corrected chi connectivity index (χ4v) is 4.34. The zero-order chi connectivity index (χ0) is 25.5. The monoisotopic (exact) mass is 485 g/mol. The van der Waals surface area contributed by atoms with Crippen LogP contribution in [0.2, 0.25) is 0 Å². The van der Waals surface area contributed by atoms with Gasteiger partial charge in [-0.05, 0) is 65.9 Å². The molecule has 182 valence electrons. The first-order valence-electron chi connectivity index (χ1n) is 10.7. The minimum atomic E-state index is -2.50. The van der Waals surface area contributed by atoms with Gasteiger partial charge in [-0.25, -0.2) is 18.0 Å². The SMILES string of the molecule is CC(C)(CC(O)(C(=O)Nc1ccc2c(c1)COC2=O)c1cc(F)cc(F)c1)c1cc(F)ccc1O. The van der Waals surface area contributed by atoms with E-state index >= 15 is 0 Å². The molecule has 1 aliphatic heterocycles. The summed E-state index contributed by atoms with van der Waals surface area (Å²) < 4.78 is 47.1. The van der Waals surface area contributed by atoms with Gasteiger partial charge in [-0.2, -0.15) is 0 Å². The molecule has 1 atom stereocenters. The summed E-state index contributed by atoms with van der Waals surface area (Å²) in [7, 11) is 0. The first-order chi connectivity index (χ1) is 16.4. The van der Waals surface area contributed by atoms with E-state index in [1.807, 2.05) is 0 Å². The van der Waals surface area contributed by atoms with Crippen molar-refractivity contribution in [1.82, 2.24) is 0 Å². The van der Waals surface area contributed by atoms with E-state index in [-0.39, 0.29) is 29.2 Å². The molecule has 1 amide bonds.